The summed E-state index contributed by atoms with van der Waals surface area (Å²) in [6.45, 7) is 2.70. The van der Waals surface area contributed by atoms with Gasteiger partial charge in [-0.3, -0.25) is 18.7 Å². The van der Waals surface area contributed by atoms with Gasteiger partial charge >= 0.3 is 5.69 Å². The molecule has 0 saturated carbocycles. The summed E-state index contributed by atoms with van der Waals surface area (Å²) in [5, 5.41) is 3.27. The van der Waals surface area contributed by atoms with Crippen LogP contribution in [-0.4, -0.2) is 39.4 Å². The molecular formula is C22H24Cl2N4O3. The van der Waals surface area contributed by atoms with E-state index in [0.717, 1.165) is 17.5 Å². The summed E-state index contributed by atoms with van der Waals surface area (Å²) in [4.78, 5) is 39.1. The van der Waals surface area contributed by atoms with Crippen LogP contribution in [0.15, 0.2) is 47.3 Å². The summed E-state index contributed by atoms with van der Waals surface area (Å²) >= 11 is 12.1. The molecule has 31 heavy (non-hydrogen) atoms. The Morgan fingerprint density at radius 3 is 2.13 bits per heavy atom. The van der Waals surface area contributed by atoms with E-state index in [0.29, 0.717) is 22.3 Å². The number of imidazole rings is 1. The maximum Gasteiger partial charge on any atom is 0.329 e. The van der Waals surface area contributed by atoms with Crippen LogP contribution in [0.1, 0.15) is 19.8 Å². The van der Waals surface area contributed by atoms with Gasteiger partial charge in [-0.15, -0.1) is 0 Å². The Morgan fingerprint density at radius 1 is 0.968 bits per heavy atom. The minimum absolute atomic E-state index is 0.0939. The van der Waals surface area contributed by atoms with Gasteiger partial charge in [0.1, 0.15) is 0 Å². The second-order valence-corrected chi connectivity index (χ2v) is 8.03. The number of fused-ring (bicyclic) bond motifs is 1. The minimum atomic E-state index is -0.414. The Balaban J connectivity index is 1.65. The zero-order chi connectivity index (χ0) is 22.5. The van der Waals surface area contributed by atoms with Gasteiger partial charge in [-0.25, -0.2) is 4.79 Å². The van der Waals surface area contributed by atoms with Gasteiger partial charge in [0, 0.05) is 26.6 Å². The lowest BCUT2D eigenvalue weighted by atomic mass is 10.3. The highest BCUT2D eigenvalue weighted by atomic mass is 35.5. The first-order valence-corrected chi connectivity index (χ1v) is 10.7. The van der Waals surface area contributed by atoms with Gasteiger partial charge in [-0.2, -0.15) is 0 Å². The molecule has 3 rings (SSSR count). The predicted molar refractivity (Wildman–Crippen MR) is 124 cm³/mol. The van der Waals surface area contributed by atoms with Gasteiger partial charge in [0.25, 0.3) is 0 Å². The van der Waals surface area contributed by atoms with Gasteiger partial charge < -0.3 is 10.2 Å². The zero-order valence-electron chi connectivity index (χ0n) is 17.4. The van der Waals surface area contributed by atoms with Crippen molar-refractivity contribution in [3.05, 3.63) is 63.0 Å². The fourth-order valence-electron chi connectivity index (χ4n) is 3.43. The highest BCUT2D eigenvalue weighted by Crippen LogP contribution is 2.29. The molecule has 1 N–H and O–H groups in total. The van der Waals surface area contributed by atoms with Crippen LogP contribution in [0.4, 0.5) is 5.69 Å². The predicted octanol–water partition coefficient (Wildman–Crippen LogP) is 4.01. The van der Waals surface area contributed by atoms with Gasteiger partial charge in [0.2, 0.25) is 11.8 Å². The average molecular weight is 463 g/mol. The number of aryl methyl sites for hydroxylation is 2. The molecule has 3 aromatic rings. The van der Waals surface area contributed by atoms with Crippen molar-refractivity contribution in [1.29, 1.82) is 0 Å². The van der Waals surface area contributed by atoms with Crippen molar-refractivity contribution in [3.8, 4) is 0 Å². The Kier molecular flexibility index (Phi) is 7.41. The van der Waals surface area contributed by atoms with Crippen molar-refractivity contribution in [2.24, 2.45) is 0 Å². The van der Waals surface area contributed by atoms with Crippen molar-refractivity contribution >= 4 is 51.7 Å². The Labute approximate surface area is 190 Å². The van der Waals surface area contributed by atoms with E-state index in [1.165, 1.54) is 4.90 Å². The average Bonchev–Trinajstić information content (AvgIpc) is 3.00. The van der Waals surface area contributed by atoms with Crippen molar-refractivity contribution in [1.82, 2.24) is 14.0 Å². The zero-order valence-corrected chi connectivity index (χ0v) is 18.9. The second-order valence-electron chi connectivity index (χ2n) is 7.22. The van der Waals surface area contributed by atoms with Gasteiger partial charge in [0.15, 0.2) is 0 Å². The van der Waals surface area contributed by atoms with Crippen LogP contribution in [-0.2, 0) is 22.7 Å². The van der Waals surface area contributed by atoms with E-state index in [9.17, 15) is 14.4 Å². The third kappa shape index (κ3) is 5.11. The van der Waals surface area contributed by atoms with Crippen LogP contribution in [0.5, 0.6) is 0 Å². The van der Waals surface area contributed by atoms with Crippen LogP contribution in [0.25, 0.3) is 11.0 Å². The SMILES string of the molecule is CCCn1c(=O)n(CCC(=O)N(C)CC(=O)Nc2c(Cl)cccc2Cl)c2ccccc21. The molecule has 0 spiro atoms. The summed E-state index contributed by atoms with van der Waals surface area (Å²) in [6, 6.07) is 12.4. The first-order valence-electron chi connectivity index (χ1n) is 9.99. The van der Waals surface area contributed by atoms with E-state index >= 15 is 0 Å². The molecule has 0 atom stereocenters. The lowest BCUT2D eigenvalue weighted by molar-refractivity contribution is -0.133. The molecule has 0 fully saturated rings. The minimum Gasteiger partial charge on any atom is -0.336 e. The number of amides is 2. The molecule has 7 nitrogen and oxygen atoms in total. The lowest BCUT2D eigenvalue weighted by Gasteiger charge is -2.17. The van der Waals surface area contributed by atoms with Gasteiger partial charge in [-0.05, 0) is 30.7 Å². The van der Waals surface area contributed by atoms with Crippen LogP contribution in [0.3, 0.4) is 0 Å². The monoisotopic (exact) mass is 462 g/mol. The fourth-order valence-corrected chi connectivity index (χ4v) is 3.92. The number of nitrogens with zero attached hydrogens (tertiary/aromatic N) is 3. The molecule has 0 aliphatic heterocycles. The smallest absolute Gasteiger partial charge is 0.329 e. The van der Waals surface area contributed by atoms with E-state index < -0.39 is 5.91 Å². The normalized spacial score (nSPS) is 11.0. The Hall–Kier alpha value is -2.77. The number of carbonyl (C=O) groups excluding carboxylic acids is 2. The number of rotatable bonds is 8. The van der Waals surface area contributed by atoms with Crippen molar-refractivity contribution in [2.45, 2.75) is 32.9 Å². The third-order valence-electron chi connectivity index (χ3n) is 4.96. The Morgan fingerprint density at radius 2 is 1.55 bits per heavy atom. The van der Waals surface area contributed by atoms with Crippen molar-refractivity contribution in [2.75, 3.05) is 18.9 Å². The molecule has 9 heteroatoms. The molecule has 1 heterocycles. The van der Waals surface area contributed by atoms with E-state index in [4.69, 9.17) is 23.2 Å². The number of hydrogen-bond acceptors (Lipinski definition) is 3. The van der Waals surface area contributed by atoms with E-state index in [2.05, 4.69) is 5.32 Å². The number of nitrogens with one attached hydrogen (secondary N) is 1. The molecule has 0 aliphatic rings. The van der Waals surface area contributed by atoms with Gasteiger partial charge in [0.05, 0.1) is 33.3 Å². The van der Waals surface area contributed by atoms with Crippen LogP contribution in [0.2, 0.25) is 10.0 Å². The summed E-state index contributed by atoms with van der Waals surface area (Å²) in [5.41, 5.74) is 1.82. The molecule has 164 valence electrons. The number of halogens is 2. The topological polar surface area (TPSA) is 76.3 Å². The number of para-hydroxylation sites is 3. The van der Waals surface area contributed by atoms with Crippen molar-refractivity contribution < 1.29 is 9.59 Å². The maximum absolute atomic E-state index is 12.8. The highest BCUT2D eigenvalue weighted by Gasteiger charge is 2.17. The second kappa shape index (κ2) is 10.0. The molecule has 0 saturated heterocycles. The number of hydrogen-bond donors (Lipinski definition) is 1. The van der Waals surface area contributed by atoms with E-state index in [1.807, 2.05) is 31.2 Å². The van der Waals surface area contributed by atoms with Crippen LogP contribution in [0, 0.1) is 0 Å². The summed E-state index contributed by atoms with van der Waals surface area (Å²) in [7, 11) is 1.54. The summed E-state index contributed by atoms with van der Waals surface area (Å²) in [5.74, 6) is -0.665. The molecule has 0 bridgehead atoms. The van der Waals surface area contributed by atoms with Crippen LogP contribution >= 0.6 is 23.2 Å². The standard InChI is InChI=1S/C22H24Cl2N4O3/c1-3-12-27-17-9-4-5-10-18(17)28(22(27)31)13-11-20(30)26(2)14-19(29)25-21-15(23)7-6-8-16(21)24/h4-10H,3,11-14H2,1-2H3,(H,25,29). The number of anilines is 1. The Bertz CT molecular complexity index is 1150. The number of aromatic nitrogens is 2. The number of carbonyl (C=O) groups is 2. The summed E-state index contributed by atoms with van der Waals surface area (Å²) < 4.78 is 3.34. The number of benzene rings is 2. The summed E-state index contributed by atoms with van der Waals surface area (Å²) in [6.07, 6.45) is 0.927. The number of likely N-dealkylation sites (N-methyl/N-ethyl adjacent to an activating group) is 1. The molecule has 0 radical (unpaired) electrons. The van der Waals surface area contributed by atoms with Gasteiger partial charge in [-0.1, -0.05) is 48.3 Å². The first-order chi connectivity index (χ1) is 14.8. The molecule has 0 unspecified atom stereocenters. The maximum atomic E-state index is 12.8. The van der Waals surface area contributed by atoms with E-state index in [1.54, 1.807) is 34.4 Å². The molecule has 0 aliphatic carbocycles. The highest BCUT2D eigenvalue weighted by molar-refractivity contribution is 6.39. The quantitative estimate of drug-likeness (QED) is 0.549. The molecular weight excluding hydrogens is 439 g/mol. The fraction of sp³-hybridized carbons (Fsp3) is 0.318. The third-order valence-corrected chi connectivity index (χ3v) is 5.59. The molecule has 2 amide bonds. The largest absolute Gasteiger partial charge is 0.336 e. The van der Waals surface area contributed by atoms with Crippen molar-refractivity contribution in [3.63, 3.8) is 0 Å². The molecule has 1 aromatic heterocycles. The first kappa shape index (κ1) is 22.9. The van der Waals surface area contributed by atoms with Crippen LogP contribution < -0.4 is 11.0 Å². The van der Waals surface area contributed by atoms with E-state index in [-0.39, 0.29) is 31.1 Å². The molecule has 2 aromatic carbocycles. The lowest BCUT2D eigenvalue weighted by Crippen LogP contribution is -2.36.